The molecule has 0 amide bonds. The summed E-state index contributed by atoms with van der Waals surface area (Å²) in [4.78, 5) is 6.99. The van der Waals surface area contributed by atoms with Gasteiger partial charge in [0.05, 0.1) is 11.7 Å². The summed E-state index contributed by atoms with van der Waals surface area (Å²) in [5, 5.41) is 3.61. The molecule has 0 radical (unpaired) electrons. The van der Waals surface area contributed by atoms with E-state index in [9.17, 15) is 0 Å². The normalized spacial score (nSPS) is 11.3. The van der Waals surface area contributed by atoms with E-state index < -0.39 is 0 Å². The van der Waals surface area contributed by atoms with Gasteiger partial charge in [-0.3, -0.25) is 0 Å². The minimum Gasteiger partial charge on any atom is -0.490 e. The van der Waals surface area contributed by atoms with Gasteiger partial charge < -0.3 is 15.0 Å². The molecule has 0 fully saturated rings. The number of aromatic nitrogens is 1. The molecule has 2 rings (SSSR count). The van der Waals surface area contributed by atoms with Crippen molar-refractivity contribution in [3.05, 3.63) is 46.1 Å². The van der Waals surface area contributed by atoms with E-state index in [-0.39, 0.29) is 6.10 Å². The Morgan fingerprint density at radius 1 is 1.00 bits per heavy atom. The van der Waals surface area contributed by atoms with Crippen LogP contribution in [0.1, 0.15) is 54.6 Å². The average Bonchev–Trinajstić information content (AvgIpc) is 2.57. The van der Waals surface area contributed by atoms with E-state index >= 15 is 0 Å². The zero-order chi connectivity index (χ0) is 20.1. The topological polar surface area (TPSA) is 37.4 Å². The summed E-state index contributed by atoms with van der Waals surface area (Å²) in [5.41, 5.74) is 6.94. The lowest BCUT2D eigenvalue weighted by molar-refractivity contribution is 0.189. The first-order valence-electron chi connectivity index (χ1n) is 9.91. The molecule has 0 atom stereocenters. The number of benzene rings is 1. The number of nitrogens with zero attached hydrogens (tertiary/aromatic N) is 2. The molecule has 0 aliphatic carbocycles. The monoisotopic (exact) mass is 369 g/mol. The summed E-state index contributed by atoms with van der Waals surface area (Å²) in [6, 6.07) is 6.48. The van der Waals surface area contributed by atoms with Crippen molar-refractivity contribution in [1.82, 2.24) is 9.88 Å². The number of hydrogen-bond donors (Lipinski definition) is 1. The fourth-order valence-corrected chi connectivity index (χ4v) is 3.48. The molecule has 1 heterocycles. The lowest BCUT2D eigenvalue weighted by Crippen LogP contribution is -2.19. The van der Waals surface area contributed by atoms with Gasteiger partial charge in [-0.05, 0) is 65.8 Å². The minimum atomic E-state index is 0.225. The van der Waals surface area contributed by atoms with Crippen molar-refractivity contribution in [2.45, 2.75) is 67.0 Å². The maximum absolute atomic E-state index is 6.38. The smallest absolute Gasteiger partial charge is 0.138 e. The number of nitrogens with one attached hydrogen (secondary N) is 1. The first-order valence-corrected chi connectivity index (χ1v) is 9.91. The van der Waals surface area contributed by atoms with Crippen molar-refractivity contribution in [3.8, 4) is 5.75 Å². The first-order chi connectivity index (χ1) is 12.7. The van der Waals surface area contributed by atoms with Gasteiger partial charge in [0.25, 0.3) is 0 Å². The van der Waals surface area contributed by atoms with Gasteiger partial charge in [0.15, 0.2) is 0 Å². The molecule has 148 valence electrons. The van der Waals surface area contributed by atoms with Crippen molar-refractivity contribution in [2.24, 2.45) is 0 Å². The lowest BCUT2D eigenvalue weighted by atomic mass is 10.0. The van der Waals surface area contributed by atoms with E-state index in [0.717, 1.165) is 47.9 Å². The second kappa shape index (κ2) is 9.23. The van der Waals surface area contributed by atoms with Crippen LogP contribution in [0.15, 0.2) is 18.2 Å². The molecule has 0 saturated carbocycles. The largest absolute Gasteiger partial charge is 0.490 e. The molecule has 4 heteroatoms. The van der Waals surface area contributed by atoms with E-state index in [1.807, 2.05) is 6.92 Å². The fourth-order valence-electron chi connectivity index (χ4n) is 3.48. The standard InChI is InChI=1S/C23H35N3O/c1-9-19(10-2)27-21-13-18(6)24-23(20(21)14-26(7)8)25-22-16(4)11-15(3)12-17(22)5/h11-13,19H,9-10,14H2,1-8H3,(H,24,25). The SMILES string of the molecule is CCC(CC)Oc1cc(C)nc(Nc2c(C)cc(C)cc2C)c1CN(C)C. The summed E-state index contributed by atoms with van der Waals surface area (Å²) in [6.07, 6.45) is 2.22. The average molecular weight is 370 g/mol. The molecule has 0 aliphatic rings. The van der Waals surface area contributed by atoms with Gasteiger partial charge in [0.1, 0.15) is 11.6 Å². The van der Waals surface area contributed by atoms with E-state index in [4.69, 9.17) is 9.72 Å². The van der Waals surface area contributed by atoms with Gasteiger partial charge in [-0.15, -0.1) is 0 Å². The molecule has 0 unspecified atom stereocenters. The number of hydrogen-bond acceptors (Lipinski definition) is 4. The highest BCUT2D eigenvalue weighted by Crippen LogP contribution is 2.33. The zero-order valence-corrected chi connectivity index (χ0v) is 18.2. The highest BCUT2D eigenvalue weighted by molar-refractivity contribution is 5.68. The molecule has 0 bridgehead atoms. The van der Waals surface area contributed by atoms with Crippen LogP contribution in [0.25, 0.3) is 0 Å². The van der Waals surface area contributed by atoms with E-state index in [2.05, 4.69) is 77.1 Å². The Hall–Kier alpha value is -2.07. The van der Waals surface area contributed by atoms with Crippen LogP contribution in [-0.4, -0.2) is 30.1 Å². The van der Waals surface area contributed by atoms with Crippen molar-refractivity contribution >= 4 is 11.5 Å². The van der Waals surface area contributed by atoms with Gasteiger partial charge in [-0.1, -0.05) is 31.5 Å². The Morgan fingerprint density at radius 2 is 1.59 bits per heavy atom. The summed E-state index contributed by atoms with van der Waals surface area (Å²) in [7, 11) is 4.15. The third-order valence-electron chi connectivity index (χ3n) is 4.81. The maximum Gasteiger partial charge on any atom is 0.138 e. The summed E-state index contributed by atoms with van der Waals surface area (Å²) >= 11 is 0. The van der Waals surface area contributed by atoms with Crippen LogP contribution in [0.2, 0.25) is 0 Å². The van der Waals surface area contributed by atoms with Crippen LogP contribution in [-0.2, 0) is 6.54 Å². The molecule has 0 saturated heterocycles. The molecule has 4 nitrogen and oxygen atoms in total. The van der Waals surface area contributed by atoms with Gasteiger partial charge >= 0.3 is 0 Å². The molecule has 27 heavy (non-hydrogen) atoms. The summed E-state index contributed by atoms with van der Waals surface area (Å²) in [5.74, 6) is 1.83. The highest BCUT2D eigenvalue weighted by Gasteiger charge is 2.18. The van der Waals surface area contributed by atoms with Crippen LogP contribution < -0.4 is 10.1 Å². The number of ether oxygens (including phenoxy) is 1. The second-order valence-electron chi connectivity index (χ2n) is 7.78. The van der Waals surface area contributed by atoms with E-state index in [1.54, 1.807) is 0 Å². The number of pyridine rings is 1. The predicted octanol–water partition coefficient (Wildman–Crippen LogP) is 5.69. The van der Waals surface area contributed by atoms with Crippen LogP contribution in [0.3, 0.4) is 0 Å². The Morgan fingerprint density at radius 3 is 2.11 bits per heavy atom. The summed E-state index contributed by atoms with van der Waals surface area (Å²) < 4.78 is 6.38. The first kappa shape index (κ1) is 21.2. The van der Waals surface area contributed by atoms with Crippen LogP contribution in [0.4, 0.5) is 11.5 Å². The van der Waals surface area contributed by atoms with Gasteiger partial charge in [-0.2, -0.15) is 0 Å². The third kappa shape index (κ3) is 5.46. The highest BCUT2D eigenvalue weighted by atomic mass is 16.5. The Balaban J connectivity index is 2.53. The maximum atomic E-state index is 6.38. The van der Waals surface area contributed by atoms with Crippen LogP contribution >= 0.6 is 0 Å². The molecular formula is C23H35N3O. The van der Waals surface area contributed by atoms with Gasteiger partial charge in [-0.25, -0.2) is 4.98 Å². The zero-order valence-electron chi connectivity index (χ0n) is 18.2. The van der Waals surface area contributed by atoms with Crippen LogP contribution in [0, 0.1) is 27.7 Å². The molecular weight excluding hydrogens is 334 g/mol. The molecule has 1 aromatic heterocycles. The number of rotatable bonds is 8. The Bertz CT molecular complexity index is 756. The Labute approximate surface area is 165 Å². The van der Waals surface area contributed by atoms with Crippen molar-refractivity contribution in [1.29, 1.82) is 0 Å². The minimum absolute atomic E-state index is 0.225. The molecule has 1 N–H and O–H groups in total. The van der Waals surface area contributed by atoms with Crippen molar-refractivity contribution < 1.29 is 4.74 Å². The fraction of sp³-hybridized carbons (Fsp3) is 0.522. The van der Waals surface area contributed by atoms with Gasteiger partial charge in [0, 0.05) is 24.0 Å². The van der Waals surface area contributed by atoms with E-state index in [0.29, 0.717) is 0 Å². The quantitative estimate of drug-likeness (QED) is 0.649. The Kier molecular flexibility index (Phi) is 7.25. The van der Waals surface area contributed by atoms with Crippen LogP contribution in [0.5, 0.6) is 5.75 Å². The van der Waals surface area contributed by atoms with Crippen molar-refractivity contribution in [3.63, 3.8) is 0 Å². The molecule has 0 spiro atoms. The molecule has 1 aromatic carbocycles. The molecule has 0 aliphatic heterocycles. The number of anilines is 2. The summed E-state index contributed by atoms with van der Waals surface area (Å²) in [6.45, 7) is 13.6. The van der Waals surface area contributed by atoms with Crippen molar-refractivity contribution in [2.75, 3.05) is 19.4 Å². The third-order valence-corrected chi connectivity index (χ3v) is 4.81. The van der Waals surface area contributed by atoms with E-state index in [1.165, 1.54) is 16.7 Å². The van der Waals surface area contributed by atoms with Gasteiger partial charge in [0.2, 0.25) is 0 Å². The lowest BCUT2D eigenvalue weighted by Gasteiger charge is -2.24. The second-order valence-corrected chi connectivity index (χ2v) is 7.78. The molecule has 2 aromatic rings. The number of aryl methyl sites for hydroxylation is 4. The predicted molar refractivity (Wildman–Crippen MR) is 115 cm³/mol.